The van der Waals surface area contributed by atoms with Gasteiger partial charge in [-0.1, -0.05) is 25.2 Å². The topological polar surface area (TPSA) is 12.4 Å². The van der Waals surface area contributed by atoms with E-state index in [9.17, 15) is 0 Å². The molecule has 1 rings (SSSR count). The third-order valence-corrected chi connectivity index (χ3v) is 2.68. The molecule has 78 valence electrons. The molecule has 0 amide bonds. The summed E-state index contributed by atoms with van der Waals surface area (Å²) in [6.45, 7) is 8.40. The normalized spacial score (nSPS) is 31.4. The van der Waals surface area contributed by atoms with Gasteiger partial charge >= 0.3 is 0 Å². The van der Waals surface area contributed by atoms with Crippen molar-refractivity contribution in [2.24, 2.45) is 10.9 Å². The van der Waals surface area contributed by atoms with Crippen LogP contribution in [0, 0.1) is 5.92 Å². The van der Waals surface area contributed by atoms with Gasteiger partial charge in [-0.05, 0) is 44.9 Å². The van der Waals surface area contributed by atoms with Crippen LogP contribution < -0.4 is 0 Å². The molecule has 1 heterocycles. The molecule has 0 radical (unpaired) electrons. The van der Waals surface area contributed by atoms with E-state index in [2.05, 4.69) is 37.7 Å². The van der Waals surface area contributed by atoms with E-state index in [4.69, 9.17) is 0 Å². The van der Waals surface area contributed by atoms with Crippen molar-refractivity contribution in [2.75, 3.05) is 0 Å². The molecule has 1 unspecified atom stereocenters. The van der Waals surface area contributed by atoms with Crippen molar-refractivity contribution < 1.29 is 0 Å². The summed E-state index contributed by atoms with van der Waals surface area (Å²) < 4.78 is 0. The summed E-state index contributed by atoms with van der Waals surface area (Å²) in [6.07, 6.45) is 10.3. The molecule has 0 fully saturated rings. The molecule has 0 aromatic rings. The van der Waals surface area contributed by atoms with Crippen LogP contribution in [0.5, 0.6) is 0 Å². The Balaban J connectivity index is 2.59. The van der Waals surface area contributed by atoms with E-state index in [-0.39, 0.29) is 0 Å². The molecule has 0 aliphatic carbocycles. The molecule has 1 aliphatic rings. The predicted octanol–water partition coefficient (Wildman–Crippen LogP) is 4.12. The second kappa shape index (κ2) is 5.79. The summed E-state index contributed by atoms with van der Waals surface area (Å²) in [5.74, 6) is 0.596. The zero-order valence-corrected chi connectivity index (χ0v) is 9.42. The molecule has 1 nitrogen and oxygen atoms in total. The van der Waals surface area contributed by atoms with Gasteiger partial charge < -0.3 is 0 Å². The van der Waals surface area contributed by atoms with Crippen LogP contribution >= 0.6 is 0 Å². The fourth-order valence-electron chi connectivity index (χ4n) is 1.60. The molecule has 0 saturated heterocycles. The van der Waals surface area contributed by atoms with Crippen LogP contribution in [0.3, 0.4) is 0 Å². The van der Waals surface area contributed by atoms with Crippen molar-refractivity contribution in [3.05, 3.63) is 23.9 Å². The first-order valence-corrected chi connectivity index (χ1v) is 5.56. The maximum Gasteiger partial charge on any atom is 0.0331 e. The monoisotopic (exact) mass is 191 g/mol. The molecule has 1 atom stereocenters. The molecule has 1 heteroatoms. The highest BCUT2D eigenvalue weighted by molar-refractivity contribution is 5.61. The zero-order valence-electron chi connectivity index (χ0n) is 9.42. The van der Waals surface area contributed by atoms with Crippen LogP contribution in [-0.4, -0.2) is 6.21 Å². The minimum absolute atomic E-state index is 0.596. The van der Waals surface area contributed by atoms with Crippen LogP contribution in [-0.2, 0) is 0 Å². The lowest BCUT2D eigenvalue weighted by Crippen LogP contribution is -1.95. The smallest absolute Gasteiger partial charge is 0.0331 e. The van der Waals surface area contributed by atoms with Gasteiger partial charge in [0.25, 0.3) is 0 Å². The Bertz CT molecular complexity index is 248. The molecule has 0 N–H and O–H groups in total. The van der Waals surface area contributed by atoms with Crippen LogP contribution in [0.25, 0.3) is 0 Å². The van der Waals surface area contributed by atoms with Gasteiger partial charge in [0.2, 0.25) is 0 Å². The highest BCUT2D eigenvalue weighted by atomic mass is 14.7. The Labute approximate surface area is 87.6 Å². The highest BCUT2D eigenvalue weighted by Crippen LogP contribution is 2.15. The molecule has 0 aromatic carbocycles. The molecule has 1 aliphatic heterocycles. The Morgan fingerprint density at radius 1 is 1.43 bits per heavy atom. The molecule has 0 aromatic heterocycles. The molecule has 0 saturated carbocycles. The van der Waals surface area contributed by atoms with Crippen LogP contribution in [0.4, 0.5) is 0 Å². The number of hydrogen-bond donors (Lipinski definition) is 0. The summed E-state index contributed by atoms with van der Waals surface area (Å²) in [6, 6.07) is 0. The van der Waals surface area contributed by atoms with E-state index < -0.39 is 0 Å². The molecule has 0 bridgehead atoms. The average molecular weight is 191 g/mol. The first-order valence-electron chi connectivity index (χ1n) is 5.56. The summed E-state index contributed by atoms with van der Waals surface area (Å²) in [7, 11) is 0. The van der Waals surface area contributed by atoms with Crippen molar-refractivity contribution in [3.63, 3.8) is 0 Å². The summed E-state index contributed by atoms with van der Waals surface area (Å²) in [5.41, 5.74) is 2.50. The Kier molecular flexibility index (Phi) is 4.64. The zero-order chi connectivity index (χ0) is 10.4. The van der Waals surface area contributed by atoms with Gasteiger partial charge in [-0.2, -0.15) is 0 Å². The minimum Gasteiger partial charge on any atom is -0.266 e. The number of hydrogen-bond acceptors (Lipinski definition) is 1. The first kappa shape index (κ1) is 11.2. The maximum atomic E-state index is 4.40. The number of rotatable bonds is 0. The summed E-state index contributed by atoms with van der Waals surface area (Å²) in [4.78, 5) is 4.40. The molecular weight excluding hydrogens is 170 g/mol. The van der Waals surface area contributed by atoms with Gasteiger partial charge in [-0.25, -0.2) is 0 Å². The van der Waals surface area contributed by atoms with Gasteiger partial charge in [-0.3, -0.25) is 4.99 Å². The predicted molar refractivity (Wildman–Crippen MR) is 63.6 cm³/mol. The van der Waals surface area contributed by atoms with Crippen LogP contribution in [0.15, 0.2) is 28.9 Å². The number of nitrogens with zero attached hydrogens (tertiary/aromatic N) is 1. The second-order valence-corrected chi connectivity index (χ2v) is 4.30. The lowest BCUT2D eigenvalue weighted by atomic mass is 10.0. The lowest BCUT2D eigenvalue weighted by molar-refractivity contribution is 0.649. The van der Waals surface area contributed by atoms with Crippen LogP contribution in [0.2, 0.25) is 0 Å². The van der Waals surface area contributed by atoms with Gasteiger partial charge in [0, 0.05) is 11.9 Å². The van der Waals surface area contributed by atoms with E-state index in [0.717, 1.165) is 18.5 Å². The fraction of sp³-hybridized carbons (Fsp3) is 0.615. The minimum atomic E-state index is 0.596. The van der Waals surface area contributed by atoms with Crippen molar-refractivity contribution in [2.45, 2.75) is 46.0 Å². The third-order valence-electron chi connectivity index (χ3n) is 2.68. The Hall–Kier alpha value is -0.850. The SMILES string of the molecule is C=C1CC/C(C)=C\CCCC(C)/C=N\1. The largest absolute Gasteiger partial charge is 0.266 e. The van der Waals surface area contributed by atoms with Gasteiger partial charge in [0.1, 0.15) is 0 Å². The number of allylic oxidation sites excluding steroid dienone is 3. The Morgan fingerprint density at radius 2 is 2.21 bits per heavy atom. The van der Waals surface area contributed by atoms with Crippen LogP contribution in [0.1, 0.15) is 46.0 Å². The average Bonchev–Trinajstić information content (AvgIpc) is 2.19. The molecule has 0 spiro atoms. The number of aliphatic imine (C=N–C) groups is 1. The maximum absolute atomic E-state index is 4.40. The van der Waals surface area contributed by atoms with E-state index in [1.807, 2.05) is 0 Å². The van der Waals surface area contributed by atoms with Gasteiger partial charge in [0.15, 0.2) is 0 Å². The van der Waals surface area contributed by atoms with E-state index in [1.54, 1.807) is 0 Å². The highest BCUT2D eigenvalue weighted by Gasteiger charge is 2.00. The van der Waals surface area contributed by atoms with Gasteiger partial charge in [0.05, 0.1) is 0 Å². The second-order valence-electron chi connectivity index (χ2n) is 4.30. The van der Waals surface area contributed by atoms with Crippen molar-refractivity contribution in [1.29, 1.82) is 0 Å². The van der Waals surface area contributed by atoms with Crippen molar-refractivity contribution in [3.8, 4) is 0 Å². The fourth-order valence-corrected chi connectivity index (χ4v) is 1.60. The standard InChI is InChI=1S/C13H21N/c1-11-6-4-5-7-12(2)10-14-13(3)9-8-11/h6,10,12H,3-5,7-9H2,1-2H3/b11-6-,14-10-. The lowest BCUT2D eigenvalue weighted by Gasteiger charge is -2.02. The summed E-state index contributed by atoms with van der Waals surface area (Å²) >= 11 is 0. The third kappa shape index (κ3) is 4.40. The molecule has 14 heavy (non-hydrogen) atoms. The Morgan fingerprint density at radius 3 is 3.00 bits per heavy atom. The van der Waals surface area contributed by atoms with Crippen molar-refractivity contribution in [1.82, 2.24) is 0 Å². The first-order chi connectivity index (χ1) is 6.68. The van der Waals surface area contributed by atoms with Crippen molar-refractivity contribution >= 4 is 6.21 Å². The van der Waals surface area contributed by atoms with Gasteiger partial charge in [-0.15, -0.1) is 0 Å². The van der Waals surface area contributed by atoms with E-state index in [0.29, 0.717) is 5.92 Å². The van der Waals surface area contributed by atoms with E-state index in [1.165, 1.54) is 24.8 Å². The summed E-state index contributed by atoms with van der Waals surface area (Å²) in [5, 5.41) is 0. The quantitative estimate of drug-likeness (QED) is 0.511. The molecular formula is C13H21N. The van der Waals surface area contributed by atoms with E-state index >= 15 is 0 Å².